The van der Waals surface area contributed by atoms with Gasteiger partial charge in [-0.1, -0.05) is 65.7 Å². The van der Waals surface area contributed by atoms with E-state index in [4.69, 9.17) is 0 Å². The summed E-state index contributed by atoms with van der Waals surface area (Å²) in [6.07, 6.45) is 14.9. The Morgan fingerprint density at radius 2 is 1.33 bits per heavy atom. The van der Waals surface area contributed by atoms with E-state index >= 15 is 0 Å². The molecule has 0 aromatic heterocycles. The summed E-state index contributed by atoms with van der Waals surface area (Å²) in [6.45, 7) is 10.9. The van der Waals surface area contributed by atoms with E-state index < -0.39 is 0 Å². The number of aliphatic hydroxyl groups excluding tert-OH is 1. The number of rotatable bonds is 20. The third kappa shape index (κ3) is 18.5. The van der Waals surface area contributed by atoms with Crippen LogP contribution in [-0.2, 0) is 4.79 Å². The Morgan fingerprint density at radius 3 is 1.96 bits per heavy atom. The smallest absolute Gasteiger partial charge is 0.219 e. The van der Waals surface area contributed by atoms with Crippen LogP contribution in [0.1, 0.15) is 111 Å². The summed E-state index contributed by atoms with van der Waals surface area (Å²) < 4.78 is 0. The third-order valence-corrected chi connectivity index (χ3v) is 5.21. The quantitative estimate of drug-likeness (QED) is 0.281. The van der Waals surface area contributed by atoms with Crippen molar-refractivity contribution in [1.29, 1.82) is 0 Å². The average molecular weight is 385 g/mol. The highest BCUT2D eigenvalue weighted by Crippen LogP contribution is 2.11. The van der Waals surface area contributed by atoms with Crippen molar-refractivity contribution in [3.63, 3.8) is 0 Å². The molecule has 1 amide bonds. The predicted molar refractivity (Wildman–Crippen MR) is 117 cm³/mol. The standard InChI is InChI=1S/C23H48N2O2/c1-4-7-10-11-12-15-22(26)16-13-17-23(27)24-18-14-21-25(19-8-5-2)20-9-6-3/h22,26H,4-21H2,1-3H3,(H,24,27). The molecule has 4 nitrogen and oxygen atoms in total. The average Bonchev–Trinajstić information content (AvgIpc) is 2.66. The Hall–Kier alpha value is -0.610. The van der Waals surface area contributed by atoms with Crippen molar-refractivity contribution in [2.75, 3.05) is 26.2 Å². The largest absolute Gasteiger partial charge is 0.393 e. The van der Waals surface area contributed by atoms with Gasteiger partial charge in [0.15, 0.2) is 0 Å². The normalized spacial score (nSPS) is 12.5. The first kappa shape index (κ1) is 26.4. The fraction of sp³-hybridized carbons (Fsp3) is 0.957. The number of hydrogen-bond acceptors (Lipinski definition) is 3. The van der Waals surface area contributed by atoms with E-state index in [-0.39, 0.29) is 12.0 Å². The van der Waals surface area contributed by atoms with E-state index in [2.05, 4.69) is 31.0 Å². The molecule has 27 heavy (non-hydrogen) atoms. The van der Waals surface area contributed by atoms with Crippen molar-refractivity contribution < 1.29 is 9.90 Å². The highest BCUT2D eigenvalue weighted by molar-refractivity contribution is 5.75. The van der Waals surface area contributed by atoms with Crippen LogP contribution >= 0.6 is 0 Å². The zero-order valence-electron chi connectivity index (χ0n) is 18.6. The van der Waals surface area contributed by atoms with Gasteiger partial charge in [-0.25, -0.2) is 0 Å². The molecule has 0 bridgehead atoms. The lowest BCUT2D eigenvalue weighted by Gasteiger charge is -2.21. The summed E-state index contributed by atoms with van der Waals surface area (Å²) in [5.41, 5.74) is 0. The maximum Gasteiger partial charge on any atom is 0.219 e. The molecule has 0 aliphatic carbocycles. The van der Waals surface area contributed by atoms with E-state index in [1.54, 1.807) is 0 Å². The molecule has 0 aliphatic heterocycles. The molecule has 1 unspecified atom stereocenters. The van der Waals surface area contributed by atoms with E-state index in [1.165, 1.54) is 64.5 Å². The van der Waals surface area contributed by atoms with Gasteiger partial charge < -0.3 is 15.3 Å². The first-order valence-corrected chi connectivity index (χ1v) is 11.8. The molecule has 1 atom stereocenters. The first-order chi connectivity index (χ1) is 13.1. The highest BCUT2D eigenvalue weighted by atomic mass is 16.3. The molecule has 0 aromatic carbocycles. The number of amides is 1. The minimum absolute atomic E-state index is 0.138. The fourth-order valence-electron chi connectivity index (χ4n) is 3.34. The zero-order valence-corrected chi connectivity index (χ0v) is 18.6. The van der Waals surface area contributed by atoms with Gasteiger partial charge in [0.05, 0.1) is 6.10 Å². The second-order valence-corrected chi connectivity index (χ2v) is 8.00. The summed E-state index contributed by atoms with van der Waals surface area (Å²) >= 11 is 0. The van der Waals surface area contributed by atoms with Crippen molar-refractivity contribution in [2.45, 2.75) is 117 Å². The summed E-state index contributed by atoms with van der Waals surface area (Å²) in [5, 5.41) is 13.0. The van der Waals surface area contributed by atoms with Crippen LogP contribution in [0.5, 0.6) is 0 Å². The van der Waals surface area contributed by atoms with Crippen LogP contribution < -0.4 is 5.32 Å². The minimum Gasteiger partial charge on any atom is -0.393 e. The molecule has 0 heterocycles. The molecule has 0 aliphatic rings. The molecule has 0 aromatic rings. The fourth-order valence-corrected chi connectivity index (χ4v) is 3.34. The SMILES string of the molecule is CCCCCCCC(O)CCCC(=O)NCCCN(CCCC)CCCC. The molecule has 0 rings (SSSR count). The molecule has 0 saturated carbocycles. The van der Waals surface area contributed by atoms with Gasteiger partial charge in [-0.05, 0) is 58.2 Å². The van der Waals surface area contributed by atoms with Gasteiger partial charge in [-0.3, -0.25) is 4.79 Å². The van der Waals surface area contributed by atoms with Gasteiger partial charge in [0.2, 0.25) is 5.91 Å². The molecular formula is C23H48N2O2. The monoisotopic (exact) mass is 384 g/mol. The molecule has 0 spiro atoms. The van der Waals surface area contributed by atoms with Gasteiger partial charge >= 0.3 is 0 Å². The topological polar surface area (TPSA) is 52.6 Å². The number of aliphatic hydroxyl groups is 1. The molecule has 0 radical (unpaired) electrons. The van der Waals surface area contributed by atoms with Crippen molar-refractivity contribution >= 4 is 5.91 Å². The number of carbonyl (C=O) groups excluding carboxylic acids is 1. The van der Waals surface area contributed by atoms with Crippen LogP contribution in [0.2, 0.25) is 0 Å². The number of carbonyl (C=O) groups is 1. The van der Waals surface area contributed by atoms with Crippen molar-refractivity contribution in [3.8, 4) is 0 Å². The van der Waals surface area contributed by atoms with E-state index in [0.717, 1.165) is 45.2 Å². The van der Waals surface area contributed by atoms with Gasteiger partial charge in [0, 0.05) is 13.0 Å². The summed E-state index contributed by atoms with van der Waals surface area (Å²) in [4.78, 5) is 14.5. The lowest BCUT2D eigenvalue weighted by molar-refractivity contribution is -0.121. The minimum atomic E-state index is -0.231. The lowest BCUT2D eigenvalue weighted by Crippen LogP contribution is -2.31. The van der Waals surface area contributed by atoms with Gasteiger partial charge in [0.25, 0.3) is 0 Å². The molecular weight excluding hydrogens is 336 g/mol. The third-order valence-electron chi connectivity index (χ3n) is 5.21. The Kier molecular flexibility index (Phi) is 19.7. The van der Waals surface area contributed by atoms with Crippen molar-refractivity contribution in [3.05, 3.63) is 0 Å². The van der Waals surface area contributed by atoms with E-state index in [9.17, 15) is 9.90 Å². The Morgan fingerprint density at radius 1 is 0.778 bits per heavy atom. The van der Waals surface area contributed by atoms with Gasteiger partial charge in [0.1, 0.15) is 0 Å². The van der Waals surface area contributed by atoms with Crippen LogP contribution in [0.25, 0.3) is 0 Å². The van der Waals surface area contributed by atoms with Gasteiger partial charge in [-0.2, -0.15) is 0 Å². The van der Waals surface area contributed by atoms with Crippen molar-refractivity contribution in [2.24, 2.45) is 0 Å². The number of nitrogens with zero attached hydrogens (tertiary/aromatic N) is 1. The van der Waals surface area contributed by atoms with E-state index in [1.807, 2.05) is 0 Å². The number of hydrogen-bond donors (Lipinski definition) is 2. The maximum atomic E-state index is 11.9. The number of nitrogens with one attached hydrogen (secondary N) is 1. The van der Waals surface area contributed by atoms with Crippen LogP contribution in [0.15, 0.2) is 0 Å². The Labute approximate surface area is 169 Å². The van der Waals surface area contributed by atoms with Crippen LogP contribution in [0.3, 0.4) is 0 Å². The van der Waals surface area contributed by atoms with E-state index in [0.29, 0.717) is 6.42 Å². The summed E-state index contributed by atoms with van der Waals surface area (Å²) in [6, 6.07) is 0. The van der Waals surface area contributed by atoms with Crippen LogP contribution in [-0.4, -0.2) is 48.2 Å². The second kappa shape index (κ2) is 20.1. The Bertz CT molecular complexity index is 316. The second-order valence-electron chi connectivity index (χ2n) is 8.00. The summed E-state index contributed by atoms with van der Waals surface area (Å²) in [5.74, 6) is 0.138. The highest BCUT2D eigenvalue weighted by Gasteiger charge is 2.07. The van der Waals surface area contributed by atoms with Gasteiger partial charge in [-0.15, -0.1) is 0 Å². The molecule has 2 N–H and O–H groups in total. The first-order valence-electron chi connectivity index (χ1n) is 11.8. The molecule has 0 fully saturated rings. The zero-order chi connectivity index (χ0) is 20.2. The van der Waals surface area contributed by atoms with Crippen molar-refractivity contribution in [1.82, 2.24) is 10.2 Å². The van der Waals surface area contributed by atoms with Crippen LogP contribution in [0, 0.1) is 0 Å². The molecule has 162 valence electrons. The van der Waals surface area contributed by atoms with Crippen LogP contribution in [0.4, 0.5) is 0 Å². The summed E-state index contributed by atoms with van der Waals surface area (Å²) in [7, 11) is 0. The molecule has 0 saturated heterocycles. The Balaban J connectivity index is 3.63. The number of unbranched alkanes of at least 4 members (excludes halogenated alkanes) is 6. The predicted octanol–water partition coefficient (Wildman–Crippen LogP) is 5.29. The lowest BCUT2D eigenvalue weighted by atomic mass is 10.0. The maximum absolute atomic E-state index is 11.9. The molecule has 4 heteroatoms.